The highest BCUT2D eigenvalue weighted by molar-refractivity contribution is 6.35. The number of hydrogen-bond acceptors (Lipinski definition) is 5. The molecule has 0 spiro atoms. The third-order valence-electron chi connectivity index (χ3n) is 3.89. The Labute approximate surface area is 165 Å². The van der Waals surface area contributed by atoms with Crippen LogP contribution in [-0.4, -0.2) is 33.0 Å². The first kappa shape index (κ1) is 19.1. The lowest BCUT2D eigenvalue weighted by Crippen LogP contribution is -2.30. The van der Waals surface area contributed by atoms with Crippen LogP contribution in [0.3, 0.4) is 0 Å². The van der Waals surface area contributed by atoms with E-state index in [0.717, 1.165) is 5.52 Å². The number of nitrogens with zero attached hydrogens (tertiary/aromatic N) is 3. The van der Waals surface area contributed by atoms with E-state index < -0.39 is 18.0 Å². The number of fused-ring (bicyclic) bond motifs is 1. The standard InChI is InChI=1S/C18H16Cl2N4O3/c1-3-24-16-7-4-11(8-15(16)22-23-24)18(26)27-10(2)17(25)21-14-9-12(19)5-6-13(14)20/h4-10H,3H2,1-2H3,(H,21,25). The summed E-state index contributed by atoms with van der Waals surface area (Å²) in [6, 6.07) is 9.61. The number of carbonyl (C=O) groups is 2. The average Bonchev–Trinajstić information content (AvgIpc) is 3.06. The van der Waals surface area contributed by atoms with Crippen molar-refractivity contribution in [3.05, 3.63) is 52.0 Å². The van der Waals surface area contributed by atoms with E-state index in [4.69, 9.17) is 27.9 Å². The normalized spacial score (nSPS) is 12.0. The molecule has 3 rings (SSSR count). The van der Waals surface area contributed by atoms with Crippen LogP contribution in [0.4, 0.5) is 5.69 Å². The Bertz CT molecular complexity index is 1020. The van der Waals surface area contributed by atoms with Gasteiger partial charge in [0.25, 0.3) is 5.91 Å². The number of anilines is 1. The molecule has 1 unspecified atom stereocenters. The minimum absolute atomic E-state index is 0.283. The van der Waals surface area contributed by atoms with E-state index in [1.54, 1.807) is 35.0 Å². The molecule has 0 radical (unpaired) electrons. The second-order valence-electron chi connectivity index (χ2n) is 5.77. The Morgan fingerprint density at radius 2 is 2.00 bits per heavy atom. The summed E-state index contributed by atoms with van der Waals surface area (Å²) in [5, 5.41) is 11.4. The van der Waals surface area contributed by atoms with Gasteiger partial charge in [0.05, 0.1) is 21.8 Å². The van der Waals surface area contributed by atoms with Crippen molar-refractivity contribution in [1.82, 2.24) is 15.0 Å². The van der Waals surface area contributed by atoms with Crippen LogP contribution in [0.25, 0.3) is 11.0 Å². The molecule has 27 heavy (non-hydrogen) atoms. The van der Waals surface area contributed by atoms with Crippen LogP contribution in [0.15, 0.2) is 36.4 Å². The molecule has 0 saturated carbocycles. The summed E-state index contributed by atoms with van der Waals surface area (Å²) in [4.78, 5) is 24.6. The van der Waals surface area contributed by atoms with Crippen molar-refractivity contribution in [2.45, 2.75) is 26.5 Å². The van der Waals surface area contributed by atoms with E-state index in [-0.39, 0.29) is 5.56 Å². The maximum Gasteiger partial charge on any atom is 0.338 e. The number of esters is 1. The predicted molar refractivity (Wildman–Crippen MR) is 103 cm³/mol. The van der Waals surface area contributed by atoms with Gasteiger partial charge in [0.1, 0.15) is 5.52 Å². The van der Waals surface area contributed by atoms with E-state index in [0.29, 0.717) is 27.8 Å². The number of rotatable bonds is 5. The SMILES string of the molecule is CCn1nnc2cc(C(=O)OC(C)C(=O)Nc3cc(Cl)ccc3Cl)ccc21. The van der Waals surface area contributed by atoms with Crippen LogP contribution in [0.5, 0.6) is 0 Å². The van der Waals surface area contributed by atoms with Crippen molar-refractivity contribution in [3.63, 3.8) is 0 Å². The van der Waals surface area contributed by atoms with Crippen molar-refractivity contribution in [2.75, 3.05) is 5.32 Å². The van der Waals surface area contributed by atoms with Crippen LogP contribution in [-0.2, 0) is 16.1 Å². The zero-order chi connectivity index (χ0) is 19.6. The molecule has 0 aliphatic heterocycles. The highest BCUT2D eigenvalue weighted by Crippen LogP contribution is 2.25. The van der Waals surface area contributed by atoms with E-state index in [1.165, 1.54) is 13.0 Å². The zero-order valence-electron chi connectivity index (χ0n) is 14.6. The lowest BCUT2D eigenvalue weighted by atomic mass is 10.2. The minimum Gasteiger partial charge on any atom is -0.449 e. The molecule has 0 saturated heterocycles. The molecule has 0 bridgehead atoms. The third kappa shape index (κ3) is 4.20. The van der Waals surface area contributed by atoms with Crippen molar-refractivity contribution in [2.24, 2.45) is 0 Å². The summed E-state index contributed by atoms with van der Waals surface area (Å²) in [5.74, 6) is -1.16. The molecule has 1 heterocycles. The molecular formula is C18H16Cl2N4O3. The number of amides is 1. The Balaban J connectivity index is 1.69. The highest BCUT2D eigenvalue weighted by Gasteiger charge is 2.20. The lowest BCUT2D eigenvalue weighted by molar-refractivity contribution is -0.123. The van der Waals surface area contributed by atoms with E-state index in [9.17, 15) is 9.59 Å². The summed E-state index contributed by atoms with van der Waals surface area (Å²) in [6.07, 6.45) is -1.03. The van der Waals surface area contributed by atoms with Crippen molar-refractivity contribution < 1.29 is 14.3 Å². The summed E-state index contributed by atoms with van der Waals surface area (Å²) in [7, 11) is 0. The van der Waals surface area contributed by atoms with Crippen molar-refractivity contribution >= 4 is 51.8 Å². The Kier molecular flexibility index (Phi) is 5.62. The fourth-order valence-corrected chi connectivity index (χ4v) is 2.78. The first-order valence-electron chi connectivity index (χ1n) is 8.19. The summed E-state index contributed by atoms with van der Waals surface area (Å²) in [6.45, 7) is 4.09. The number of carbonyl (C=O) groups excluding carboxylic acids is 2. The molecule has 0 aliphatic carbocycles. The molecule has 0 aliphatic rings. The first-order chi connectivity index (χ1) is 12.9. The number of hydrogen-bond donors (Lipinski definition) is 1. The number of aryl methyl sites for hydroxylation is 1. The van der Waals surface area contributed by atoms with E-state index in [1.807, 2.05) is 6.92 Å². The Hall–Kier alpha value is -2.64. The molecular weight excluding hydrogens is 391 g/mol. The van der Waals surface area contributed by atoms with Crippen LogP contribution in [0.1, 0.15) is 24.2 Å². The average molecular weight is 407 g/mol. The molecule has 1 atom stereocenters. The van der Waals surface area contributed by atoms with Crippen LogP contribution in [0.2, 0.25) is 10.0 Å². The van der Waals surface area contributed by atoms with Crippen molar-refractivity contribution in [3.8, 4) is 0 Å². The largest absolute Gasteiger partial charge is 0.449 e. The number of nitrogens with one attached hydrogen (secondary N) is 1. The Morgan fingerprint density at radius 1 is 1.22 bits per heavy atom. The van der Waals surface area contributed by atoms with Gasteiger partial charge in [0.2, 0.25) is 0 Å². The Morgan fingerprint density at radius 3 is 2.74 bits per heavy atom. The highest BCUT2D eigenvalue weighted by atomic mass is 35.5. The third-order valence-corrected chi connectivity index (χ3v) is 4.45. The van der Waals surface area contributed by atoms with Crippen LogP contribution in [0, 0.1) is 0 Å². The molecule has 9 heteroatoms. The van der Waals surface area contributed by atoms with Gasteiger partial charge in [0.15, 0.2) is 6.10 Å². The van der Waals surface area contributed by atoms with Crippen LogP contribution < -0.4 is 5.32 Å². The van der Waals surface area contributed by atoms with Gasteiger partial charge < -0.3 is 10.1 Å². The van der Waals surface area contributed by atoms with Gasteiger partial charge in [-0.2, -0.15) is 0 Å². The van der Waals surface area contributed by atoms with Gasteiger partial charge >= 0.3 is 5.97 Å². The fraction of sp³-hybridized carbons (Fsp3) is 0.222. The van der Waals surface area contributed by atoms with Gasteiger partial charge in [-0.15, -0.1) is 5.10 Å². The smallest absolute Gasteiger partial charge is 0.338 e. The maximum atomic E-state index is 12.3. The number of aromatic nitrogens is 3. The summed E-state index contributed by atoms with van der Waals surface area (Å²) < 4.78 is 6.96. The second-order valence-corrected chi connectivity index (χ2v) is 6.61. The van der Waals surface area contributed by atoms with Crippen LogP contribution >= 0.6 is 23.2 Å². The molecule has 3 aromatic rings. The van der Waals surface area contributed by atoms with Gasteiger partial charge in [-0.05, 0) is 50.2 Å². The molecule has 2 aromatic carbocycles. The summed E-state index contributed by atoms with van der Waals surface area (Å²) in [5.41, 5.74) is 2.02. The maximum absolute atomic E-state index is 12.3. The summed E-state index contributed by atoms with van der Waals surface area (Å²) >= 11 is 11.9. The quantitative estimate of drug-likeness (QED) is 0.648. The zero-order valence-corrected chi connectivity index (χ0v) is 16.1. The van der Waals surface area contributed by atoms with Gasteiger partial charge in [-0.25, -0.2) is 9.48 Å². The van der Waals surface area contributed by atoms with Crippen molar-refractivity contribution in [1.29, 1.82) is 0 Å². The first-order valence-corrected chi connectivity index (χ1v) is 8.94. The molecule has 1 amide bonds. The van der Waals surface area contributed by atoms with Gasteiger partial charge in [0, 0.05) is 11.6 Å². The predicted octanol–water partition coefficient (Wildman–Crippen LogP) is 3.94. The number of benzene rings is 2. The molecule has 0 fully saturated rings. The van der Waals surface area contributed by atoms with E-state index in [2.05, 4.69) is 15.6 Å². The minimum atomic E-state index is -1.03. The molecule has 1 aromatic heterocycles. The lowest BCUT2D eigenvalue weighted by Gasteiger charge is -2.14. The topological polar surface area (TPSA) is 86.1 Å². The van der Waals surface area contributed by atoms with Gasteiger partial charge in [-0.3, -0.25) is 4.79 Å². The fourth-order valence-electron chi connectivity index (χ4n) is 2.44. The number of halogens is 2. The van der Waals surface area contributed by atoms with Gasteiger partial charge in [-0.1, -0.05) is 28.4 Å². The van der Waals surface area contributed by atoms with E-state index >= 15 is 0 Å². The second kappa shape index (κ2) is 7.94. The molecule has 140 valence electrons. The number of ether oxygens (including phenoxy) is 1. The molecule has 1 N–H and O–H groups in total. The monoisotopic (exact) mass is 406 g/mol. The molecule has 7 nitrogen and oxygen atoms in total.